The van der Waals surface area contributed by atoms with Crippen molar-refractivity contribution < 1.29 is 27.0 Å². The van der Waals surface area contributed by atoms with Gasteiger partial charge in [-0.2, -0.15) is 11.3 Å². The van der Waals surface area contributed by atoms with Crippen LogP contribution in [0.2, 0.25) is 19.6 Å². The zero-order valence-electron chi connectivity index (χ0n) is 43.7. The van der Waals surface area contributed by atoms with Crippen molar-refractivity contribution in [2.45, 2.75) is 100 Å². The molecule has 0 N–H and O–H groups in total. The summed E-state index contributed by atoms with van der Waals surface area (Å²) in [5.74, 6) is 1.56. The van der Waals surface area contributed by atoms with Crippen LogP contribution < -0.4 is 5.19 Å². The molecular weight excluding hydrogens is 993 g/mol. The zero-order chi connectivity index (χ0) is 49.1. The van der Waals surface area contributed by atoms with E-state index in [2.05, 4.69) is 161 Å². The van der Waals surface area contributed by atoms with Crippen LogP contribution in [0.5, 0.6) is 0 Å². The maximum absolute atomic E-state index is 8.79. The Morgan fingerprint density at radius 1 is 0.797 bits per heavy atom. The third kappa shape index (κ3) is 9.79. The van der Waals surface area contributed by atoms with Gasteiger partial charge in [-0.3, -0.25) is 4.98 Å². The third-order valence-electron chi connectivity index (χ3n) is 11.3. The molecule has 0 saturated heterocycles. The van der Waals surface area contributed by atoms with Gasteiger partial charge in [0.25, 0.3) is 0 Å². The quantitative estimate of drug-likeness (QED) is 0.113. The van der Waals surface area contributed by atoms with Crippen LogP contribution in [-0.2, 0) is 26.5 Å². The molecule has 0 atom stereocenters. The van der Waals surface area contributed by atoms with Gasteiger partial charge in [0, 0.05) is 44.5 Å². The Morgan fingerprint density at radius 3 is 2.14 bits per heavy atom. The first-order chi connectivity index (χ1) is 32.0. The number of hydrogen-bond acceptors (Lipinski definition) is 4. The molecule has 0 aliphatic rings. The summed E-state index contributed by atoms with van der Waals surface area (Å²) in [7, 11) is -1.81. The fraction of sp³-hybridized carbons (Fsp3) is 0.281. The molecule has 0 unspecified atom stereocenters. The predicted octanol–water partition coefficient (Wildman–Crippen LogP) is 15.5. The molecule has 4 heterocycles. The number of aryl methyl sites for hydroxylation is 2. The molecule has 9 aromatic rings. The van der Waals surface area contributed by atoms with Crippen LogP contribution in [0.15, 0.2) is 121 Å². The molecule has 0 spiro atoms. The first-order valence-corrected chi connectivity index (χ1v) is 26.2. The van der Waals surface area contributed by atoms with Crippen molar-refractivity contribution in [3.05, 3.63) is 162 Å². The van der Waals surface area contributed by atoms with Crippen LogP contribution >= 0.6 is 11.3 Å². The van der Waals surface area contributed by atoms with Gasteiger partial charge in [-0.25, -0.2) is 4.98 Å². The second-order valence-electron chi connectivity index (χ2n) is 19.2. The first-order valence-electron chi connectivity index (χ1n) is 24.4. The molecule has 0 amide bonds. The average molecular weight is 1060 g/mol. The summed E-state index contributed by atoms with van der Waals surface area (Å²) >= 11 is 1.74. The van der Waals surface area contributed by atoms with Gasteiger partial charge in [0.2, 0.25) is 0 Å². The fourth-order valence-electron chi connectivity index (χ4n) is 8.21. The maximum Gasteiger partial charge on any atom is 0.113 e. The largest absolute Gasteiger partial charge is 0.333 e. The summed E-state index contributed by atoms with van der Waals surface area (Å²) in [5, 5.41) is 3.40. The van der Waals surface area contributed by atoms with Crippen molar-refractivity contribution in [1.82, 2.24) is 19.5 Å². The van der Waals surface area contributed by atoms with Crippen molar-refractivity contribution in [1.29, 1.82) is 0 Å². The molecule has 5 aromatic carbocycles. The van der Waals surface area contributed by atoms with Gasteiger partial charge < -0.3 is 9.55 Å². The number of rotatable bonds is 8. The number of imidazole rings is 1. The summed E-state index contributed by atoms with van der Waals surface area (Å²) in [5.41, 5.74) is 12.1. The van der Waals surface area contributed by atoms with Crippen LogP contribution in [0.25, 0.3) is 70.8 Å². The molecule has 9 rings (SSSR count). The minimum Gasteiger partial charge on any atom is -0.333 e. The van der Waals surface area contributed by atoms with E-state index < -0.39 is 26.7 Å². The third-order valence-corrected chi connectivity index (χ3v) is 14.4. The van der Waals surface area contributed by atoms with E-state index in [1.54, 1.807) is 29.7 Å². The maximum atomic E-state index is 8.79. The predicted molar refractivity (Wildman–Crippen MR) is 274 cm³/mol. The molecule has 64 heavy (non-hydrogen) atoms. The van der Waals surface area contributed by atoms with Crippen molar-refractivity contribution in [2.75, 3.05) is 0 Å². The Labute approximate surface area is 406 Å². The molecule has 0 aliphatic heterocycles. The Kier molecular flexibility index (Phi) is 11.9. The van der Waals surface area contributed by atoms with Crippen LogP contribution in [0.1, 0.15) is 95.1 Å². The van der Waals surface area contributed by atoms with Gasteiger partial charge in [0.05, 0.1) is 24.9 Å². The minimum absolute atomic E-state index is 0. The van der Waals surface area contributed by atoms with E-state index in [1.807, 2.05) is 32.9 Å². The van der Waals surface area contributed by atoms with Crippen molar-refractivity contribution >= 4 is 55.9 Å². The summed E-state index contributed by atoms with van der Waals surface area (Å²) < 4.78 is 43.6. The molecule has 0 saturated carbocycles. The minimum atomic E-state index is -2.17. The van der Waals surface area contributed by atoms with E-state index in [0.29, 0.717) is 28.7 Å². The number of pyridine rings is 2. The van der Waals surface area contributed by atoms with Crippen LogP contribution in [0.4, 0.5) is 0 Å². The second-order valence-corrected chi connectivity index (χ2v) is 25.2. The SMILES string of the molecule is Cc1ccc2c(n1)sc1c(-c3nc4ccccc4n3-c3c(C(C)C)cc(-c4ccccc4)cc3C(C)C)[c-]ccc12.[2H]C([2H])([2H])c1c[c-]c(-c2cc(C([2H])([2H])C(C)(C)C)c([Si](C)(C)C)cn2)cc1.[Ir]. The molecule has 7 heteroatoms. The monoisotopic (exact) mass is 1060 g/mol. The van der Waals surface area contributed by atoms with E-state index >= 15 is 0 Å². The molecule has 4 nitrogen and oxygen atoms in total. The second kappa shape index (κ2) is 18.8. The van der Waals surface area contributed by atoms with Gasteiger partial charge in [-0.05, 0) is 104 Å². The molecule has 4 aromatic heterocycles. The Morgan fingerprint density at radius 2 is 1.50 bits per heavy atom. The number of nitrogens with zero attached hydrogens (tertiary/aromatic N) is 4. The summed E-state index contributed by atoms with van der Waals surface area (Å²) in [6, 6.07) is 45.6. The van der Waals surface area contributed by atoms with Gasteiger partial charge in [0.15, 0.2) is 0 Å². The van der Waals surface area contributed by atoms with E-state index in [1.165, 1.54) is 49.5 Å². The molecule has 0 aliphatic carbocycles. The van der Waals surface area contributed by atoms with Crippen LogP contribution in [0, 0.1) is 31.3 Å². The number of para-hydroxylation sites is 2. The van der Waals surface area contributed by atoms with Gasteiger partial charge in [0.1, 0.15) is 4.83 Å². The first kappa shape index (κ1) is 40.5. The molecule has 0 bridgehead atoms. The van der Waals surface area contributed by atoms with E-state index in [9.17, 15) is 0 Å². The van der Waals surface area contributed by atoms with E-state index in [0.717, 1.165) is 38.1 Å². The van der Waals surface area contributed by atoms with Crippen LogP contribution in [-0.4, -0.2) is 27.6 Å². The number of benzene rings is 5. The van der Waals surface area contributed by atoms with Crippen molar-refractivity contribution in [3.63, 3.8) is 0 Å². The van der Waals surface area contributed by atoms with Gasteiger partial charge >= 0.3 is 0 Å². The van der Waals surface area contributed by atoms with Crippen LogP contribution in [0.3, 0.4) is 0 Å². The standard InChI is InChI=1S/C37H32N3S.C20H28NSi.Ir/c1-22(2)30-20-26(25-12-7-6-8-13-25)21-31(23(3)4)34(30)40-33-17-10-9-16-32(33)39-36(40)29-15-11-14-27-28-19-18-24(5)38-37(28)41-35(27)29;1-15-8-10-16(11-9-15)18-12-17(13-20(2,3)4)19(14-21-18)22(5,6)7;/h6-14,16-23H,1-5H3;8-10,12,14H,13H2,1-7H3;/q2*-1;/i;1D3,13D2;. The summed E-state index contributed by atoms with van der Waals surface area (Å²) in [4.78, 5) is 15.8. The molecule has 1 radical (unpaired) electrons. The van der Waals surface area contributed by atoms with Gasteiger partial charge in [-0.15, -0.1) is 53.6 Å². The van der Waals surface area contributed by atoms with Gasteiger partial charge in [-0.1, -0.05) is 146 Å². The smallest absolute Gasteiger partial charge is 0.113 e. The topological polar surface area (TPSA) is 43.6 Å². The van der Waals surface area contributed by atoms with E-state index in [-0.39, 0.29) is 25.7 Å². The fourth-order valence-corrected chi connectivity index (χ4v) is 10.8. The Bertz CT molecular complexity index is 3260. The Balaban J connectivity index is 0.000000220. The Hall–Kier alpha value is -5.04. The average Bonchev–Trinajstić information content (AvgIpc) is 3.86. The van der Waals surface area contributed by atoms with E-state index in [4.69, 9.17) is 16.8 Å². The zero-order valence-corrected chi connectivity index (χ0v) is 42.9. The molecule has 0 fully saturated rings. The summed E-state index contributed by atoms with van der Waals surface area (Å²) in [6.45, 7) is 21.3. The molecule has 329 valence electrons. The van der Waals surface area contributed by atoms with Crippen molar-refractivity contribution in [2.24, 2.45) is 5.41 Å². The summed E-state index contributed by atoms with van der Waals surface area (Å²) in [6.07, 6.45) is 0.269. The number of fused-ring (bicyclic) bond motifs is 4. The number of hydrogen-bond donors (Lipinski definition) is 0. The van der Waals surface area contributed by atoms with Crippen molar-refractivity contribution in [3.8, 4) is 39.5 Å². The number of thiophene rings is 1. The normalized spacial score (nSPS) is 13.5. The number of aromatic nitrogens is 4. The molecular formula is C57H60IrN4SSi-2.